The summed E-state index contributed by atoms with van der Waals surface area (Å²) in [6.45, 7) is 0.464. The van der Waals surface area contributed by atoms with Gasteiger partial charge in [0.25, 0.3) is 0 Å². The number of amides is 2. The van der Waals surface area contributed by atoms with Crippen LogP contribution in [0.3, 0.4) is 0 Å². The van der Waals surface area contributed by atoms with E-state index in [0.717, 1.165) is 11.3 Å². The molecule has 5 nitrogen and oxygen atoms in total. The number of nitrogens with zero attached hydrogens (tertiary/aromatic N) is 2. The van der Waals surface area contributed by atoms with E-state index in [1.165, 1.54) is 0 Å². The predicted octanol–water partition coefficient (Wildman–Crippen LogP) is 3.85. The van der Waals surface area contributed by atoms with Gasteiger partial charge in [-0.05, 0) is 17.7 Å². The first-order valence-electron chi connectivity index (χ1n) is 7.11. The fourth-order valence-corrected chi connectivity index (χ4v) is 2.33. The Balaban J connectivity index is 1.61. The van der Waals surface area contributed by atoms with Crippen LogP contribution >= 0.6 is 11.6 Å². The number of urea groups is 1. The van der Waals surface area contributed by atoms with Crippen molar-refractivity contribution < 1.29 is 4.79 Å². The number of halogens is 1. The van der Waals surface area contributed by atoms with Gasteiger partial charge >= 0.3 is 6.03 Å². The lowest BCUT2D eigenvalue weighted by Gasteiger charge is -2.06. The molecule has 0 spiro atoms. The number of hydrogen-bond donors (Lipinski definition) is 2. The fourth-order valence-electron chi connectivity index (χ4n) is 2.11. The van der Waals surface area contributed by atoms with Crippen molar-refractivity contribution in [3.63, 3.8) is 0 Å². The quantitative estimate of drug-likeness (QED) is 0.765. The van der Waals surface area contributed by atoms with E-state index in [0.29, 0.717) is 17.3 Å². The van der Waals surface area contributed by atoms with Gasteiger partial charge in [-0.2, -0.15) is 5.10 Å². The van der Waals surface area contributed by atoms with Gasteiger partial charge in [0.15, 0.2) is 0 Å². The highest BCUT2D eigenvalue weighted by Gasteiger charge is 2.07. The third-order valence-corrected chi connectivity index (χ3v) is 3.56. The Morgan fingerprint density at radius 1 is 1.09 bits per heavy atom. The first-order chi connectivity index (χ1) is 11.2. The summed E-state index contributed by atoms with van der Waals surface area (Å²) >= 11 is 6.13. The maximum atomic E-state index is 11.9. The summed E-state index contributed by atoms with van der Waals surface area (Å²) in [4.78, 5) is 11.9. The van der Waals surface area contributed by atoms with E-state index in [-0.39, 0.29) is 6.03 Å². The van der Waals surface area contributed by atoms with Crippen molar-refractivity contribution in [1.29, 1.82) is 0 Å². The van der Waals surface area contributed by atoms with Crippen LogP contribution in [0.4, 0.5) is 10.5 Å². The second-order valence-corrected chi connectivity index (χ2v) is 5.33. The van der Waals surface area contributed by atoms with Crippen LogP contribution in [0.15, 0.2) is 67.0 Å². The molecule has 2 aromatic carbocycles. The summed E-state index contributed by atoms with van der Waals surface area (Å²) in [6.07, 6.45) is 3.29. The molecule has 2 N–H and O–H groups in total. The number of benzene rings is 2. The molecule has 0 fully saturated rings. The van der Waals surface area contributed by atoms with Crippen molar-refractivity contribution in [3.05, 3.63) is 77.6 Å². The number of carbonyl (C=O) groups excluding carboxylic acids is 1. The summed E-state index contributed by atoms with van der Waals surface area (Å²) < 4.78 is 1.62. The van der Waals surface area contributed by atoms with Crippen molar-refractivity contribution in [3.8, 4) is 5.69 Å². The molecule has 6 heteroatoms. The van der Waals surface area contributed by atoms with Crippen LogP contribution in [0, 0.1) is 0 Å². The molecule has 0 atom stereocenters. The lowest BCUT2D eigenvalue weighted by Crippen LogP contribution is -2.27. The van der Waals surface area contributed by atoms with Crippen LogP contribution in [0.1, 0.15) is 5.56 Å². The molecule has 1 heterocycles. The number of hydrogen-bond acceptors (Lipinski definition) is 2. The second kappa shape index (κ2) is 6.98. The zero-order valence-corrected chi connectivity index (χ0v) is 13.0. The molecule has 0 saturated heterocycles. The highest BCUT2D eigenvalue weighted by atomic mass is 35.5. The number of nitrogens with one attached hydrogen (secondary N) is 2. The lowest BCUT2D eigenvalue weighted by molar-refractivity contribution is 0.251. The molecule has 2 amide bonds. The largest absolute Gasteiger partial charge is 0.334 e. The summed E-state index contributed by atoms with van der Waals surface area (Å²) in [7, 11) is 0. The predicted molar refractivity (Wildman–Crippen MR) is 90.9 cm³/mol. The van der Waals surface area contributed by atoms with E-state index < -0.39 is 0 Å². The van der Waals surface area contributed by atoms with Gasteiger partial charge in [0.1, 0.15) is 0 Å². The first kappa shape index (κ1) is 15.1. The van der Waals surface area contributed by atoms with Gasteiger partial charge in [-0.3, -0.25) is 0 Å². The number of para-hydroxylation sites is 1. The SMILES string of the molecule is O=C(NCc1ccccc1)Nc1cnn(-c2ccccc2Cl)c1. The van der Waals surface area contributed by atoms with Crippen LogP contribution in [-0.2, 0) is 6.54 Å². The monoisotopic (exact) mass is 326 g/mol. The molecule has 1 aromatic heterocycles. The third-order valence-electron chi connectivity index (χ3n) is 3.24. The highest BCUT2D eigenvalue weighted by molar-refractivity contribution is 6.32. The summed E-state index contributed by atoms with van der Waals surface area (Å²) in [5.41, 5.74) is 2.39. The van der Waals surface area contributed by atoms with E-state index in [1.807, 2.05) is 48.5 Å². The Morgan fingerprint density at radius 3 is 2.61 bits per heavy atom. The highest BCUT2D eigenvalue weighted by Crippen LogP contribution is 2.20. The summed E-state index contributed by atoms with van der Waals surface area (Å²) in [5.74, 6) is 0. The maximum Gasteiger partial charge on any atom is 0.319 e. The zero-order valence-electron chi connectivity index (χ0n) is 12.2. The van der Waals surface area contributed by atoms with Gasteiger partial charge in [-0.15, -0.1) is 0 Å². The molecule has 0 radical (unpaired) electrons. The molecule has 3 rings (SSSR count). The minimum atomic E-state index is -0.285. The molecule has 0 saturated carbocycles. The smallest absolute Gasteiger partial charge is 0.319 e. The van der Waals surface area contributed by atoms with Gasteiger partial charge in [0, 0.05) is 6.54 Å². The number of anilines is 1. The van der Waals surface area contributed by atoms with Crippen LogP contribution < -0.4 is 10.6 Å². The normalized spacial score (nSPS) is 10.3. The maximum absolute atomic E-state index is 11.9. The van der Waals surface area contributed by atoms with Crippen molar-refractivity contribution >= 4 is 23.3 Å². The fraction of sp³-hybridized carbons (Fsp3) is 0.0588. The van der Waals surface area contributed by atoms with Crippen LogP contribution in [0.2, 0.25) is 5.02 Å². The van der Waals surface area contributed by atoms with Gasteiger partial charge in [-0.25, -0.2) is 9.48 Å². The Bertz CT molecular complexity index is 801. The Kier molecular flexibility index (Phi) is 4.59. The molecule has 23 heavy (non-hydrogen) atoms. The van der Waals surface area contributed by atoms with E-state index in [9.17, 15) is 4.79 Å². The van der Waals surface area contributed by atoms with Crippen molar-refractivity contribution in [2.45, 2.75) is 6.54 Å². The van der Waals surface area contributed by atoms with Crippen LogP contribution in [0.25, 0.3) is 5.69 Å². The lowest BCUT2D eigenvalue weighted by atomic mass is 10.2. The van der Waals surface area contributed by atoms with Gasteiger partial charge in [0.05, 0.1) is 28.8 Å². The van der Waals surface area contributed by atoms with Crippen molar-refractivity contribution in [2.75, 3.05) is 5.32 Å². The minimum Gasteiger partial charge on any atom is -0.334 e. The zero-order chi connectivity index (χ0) is 16.1. The number of aromatic nitrogens is 2. The average molecular weight is 327 g/mol. The molecule has 3 aromatic rings. The third kappa shape index (κ3) is 3.90. The molecule has 0 unspecified atom stereocenters. The van der Waals surface area contributed by atoms with Crippen LogP contribution in [0.5, 0.6) is 0 Å². The average Bonchev–Trinajstić information content (AvgIpc) is 3.02. The topological polar surface area (TPSA) is 59.0 Å². The van der Waals surface area contributed by atoms with E-state index in [1.54, 1.807) is 23.1 Å². The number of carbonyl (C=O) groups is 1. The standard InChI is InChI=1S/C17H15ClN4O/c18-15-8-4-5-9-16(15)22-12-14(11-20-22)21-17(23)19-10-13-6-2-1-3-7-13/h1-9,11-12H,10H2,(H2,19,21,23). The van der Waals surface area contributed by atoms with E-state index >= 15 is 0 Å². The minimum absolute atomic E-state index is 0.285. The Morgan fingerprint density at radius 2 is 1.83 bits per heavy atom. The van der Waals surface area contributed by atoms with Crippen LogP contribution in [-0.4, -0.2) is 15.8 Å². The van der Waals surface area contributed by atoms with Gasteiger partial charge in [0.2, 0.25) is 0 Å². The molecule has 0 aliphatic carbocycles. The Hall–Kier alpha value is -2.79. The van der Waals surface area contributed by atoms with E-state index in [4.69, 9.17) is 11.6 Å². The van der Waals surface area contributed by atoms with Crippen molar-refractivity contribution in [2.24, 2.45) is 0 Å². The Labute approximate surface area is 138 Å². The van der Waals surface area contributed by atoms with E-state index in [2.05, 4.69) is 15.7 Å². The first-order valence-corrected chi connectivity index (χ1v) is 7.48. The van der Waals surface area contributed by atoms with Gasteiger partial charge in [-0.1, -0.05) is 54.1 Å². The molecule has 0 bridgehead atoms. The van der Waals surface area contributed by atoms with Crippen molar-refractivity contribution in [1.82, 2.24) is 15.1 Å². The molecule has 0 aliphatic rings. The molecular formula is C17H15ClN4O. The molecular weight excluding hydrogens is 312 g/mol. The van der Waals surface area contributed by atoms with Gasteiger partial charge < -0.3 is 10.6 Å². The second-order valence-electron chi connectivity index (χ2n) is 4.92. The molecule has 0 aliphatic heterocycles. The molecule has 116 valence electrons. The number of rotatable bonds is 4. The summed E-state index contributed by atoms with van der Waals surface area (Å²) in [5, 5.41) is 10.3. The summed E-state index contributed by atoms with van der Waals surface area (Å²) in [6, 6.07) is 16.8.